The standard InChI is InChI=1S/C24H29N3O4S/c1-19-6-8-20(9-7-19)16-26(17-21-10-12-22(30-2)13-11-21)32(28,29)23-15-25-27(18-23)24-5-3-4-14-31-24/h6-13,15,18,24H,3-5,14,16-17H2,1-2H3. The van der Waals surface area contributed by atoms with Crippen LogP contribution in [0.25, 0.3) is 0 Å². The summed E-state index contributed by atoms with van der Waals surface area (Å²) in [5, 5.41) is 4.31. The van der Waals surface area contributed by atoms with E-state index in [1.165, 1.54) is 10.5 Å². The highest BCUT2D eigenvalue weighted by Crippen LogP contribution is 2.26. The van der Waals surface area contributed by atoms with E-state index in [2.05, 4.69) is 5.10 Å². The third-order valence-electron chi connectivity index (χ3n) is 5.66. The number of methoxy groups -OCH3 is 1. The molecule has 0 radical (unpaired) electrons. The van der Waals surface area contributed by atoms with Gasteiger partial charge in [0.1, 0.15) is 16.9 Å². The number of sulfonamides is 1. The number of hydrogen-bond donors (Lipinski definition) is 0. The van der Waals surface area contributed by atoms with Gasteiger partial charge in [0, 0.05) is 25.9 Å². The minimum absolute atomic E-state index is 0.173. The lowest BCUT2D eigenvalue weighted by Crippen LogP contribution is -2.30. The Bertz CT molecular complexity index is 1120. The largest absolute Gasteiger partial charge is 0.497 e. The molecule has 170 valence electrons. The molecule has 3 aromatic rings. The lowest BCUT2D eigenvalue weighted by Gasteiger charge is -2.23. The van der Waals surface area contributed by atoms with Gasteiger partial charge < -0.3 is 9.47 Å². The number of rotatable bonds is 8. The highest BCUT2D eigenvalue weighted by molar-refractivity contribution is 7.89. The summed E-state index contributed by atoms with van der Waals surface area (Å²) >= 11 is 0. The molecule has 0 saturated carbocycles. The monoisotopic (exact) mass is 455 g/mol. The van der Waals surface area contributed by atoms with E-state index in [9.17, 15) is 8.42 Å². The van der Waals surface area contributed by atoms with Gasteiger partial charge in [-0.2, -0.15) is 9.40 Å². The van der Waals surface area contributed by atoms with E-state index in [-0.39, 0.29) is 24.2 Å². The molecule has 1 aromatic heterocycles. The topological polar surface area (TPSA) is 73.7 Å². The van der Waals surface area contributed by atoms with Crippen LogP contribution in [0.4, 0.5) is 0 Å². The second-order valence-electron chi connectivity index (χ2n) is 8.08. The fraction of sp³-hybridized carbons (Fsp3) is 0.375. The van der Waals surface area contributed by atoms with Crippen LogP contribution in [0.2, 0.25) is 0 Å². The number of ether oxygens (including phenoxy) is 2. The Hall–Kier alpha value is -2.68. The average Bonchev–Trinajstić information content (AvgIpc) is 3.32. The van der Waals surface area contributed by atoms with Gasteiger partial charge in [-0.25, -0.2) is 13.1 Å². The smallest absolute Gasteiger partial charge is 0.246 e. The molecule has 2 heterocycles. The van der Waals surface area contributed by atoms with Gasteiger partial charge in [0.15, 0.2) is 0 Å². The van der Waals surface area contributed by atoms with Crippen LogP contribution in [-0.4, -0.2) is 36.2 Å². The molecule has 0 aliphatic carbocycles. The number of aryl methyl sites for hydroxylation is 1. The zero-order chi connectivity index (χ0) is 22.6. The summed E-state index contributed by atoms with van der Waals surface area (Å²) in [5.74, 6) is 0.732. The molecule has 1 aliphatic rings. The van der Waals surface area contributed by atoms with Crippen molar-refractivity contribution < 1.29 is 17.9 Å². The van der Waals surface area contributed by atoms with E-state index < -0.39 is 10.0 Å². The molecule has 0 spiro atoms. The first-order chi connectivity index (χ1) is 15.5. The quantitative estimate of drug-likeness (QED) is 0.507. The second-order valence-corrected chi connectivity index (χ2v) is 10.0. The van der Waals surface area contributed by atoms with Crippen molar-refractivity contribution in [2.45, 2.75) is 50.4 Å². The maximum absolute atomic E-state index is 13.6. The molecule has 1 saturated heterocycles. The van der Waals surface area contributed by atoms with E-state index in [0.29, 0.717) is 6.61 Å². The molecule has 0 bridgehead atoms. The molecule has 7 nitrogen and oxygen atoms in total. The van der Waals surface area contributed by atoms with Crippen molar-refractivity contribution in [1.29, 1.82) is 0 Å². The molecule has 1 fully saturated rings. The van der Waals surface area contributed by atoms with Crippen LogP contribution in [0.1, 0.15) is 42.2 Å². The second kappa shape index (κ2) is 9.85. The van der Waals surface area contributed by atoms with Gasteiger partial charge in [0.05, 0.1) is 13.3 Å². The third-order valence-corrected chi connectivity index (χ3v) is 7.41. The first-order valence-corrected chi connectivity index (χ1v) is 12.2. The zero-order valence-electron chi connectivity index (χ0n) is 18.5. The highest BCUT2D eigenvalue weighted by atomic mass is 32.2. The first kappa shape index (κ1) is 22.5. The molecular weight excluding hydrogens is 426 g/mol. The summed E-state index contributed by atoms with van der Waals surface area (Å²) in [4.78, 5) is 0.173. The minimum atomic E-state index is -3.78. The predicted octanol–water partition coefficient (Wildman–Crippen LogP) is 4.29. The van der Waals surface area contributed by atoms with E-state index in [0.717, 1.165) is 41.7 Å². The number of hydrogen-bond acceptors (Lipinski definition) is 5. The van der Waals surface area contributed by atoms with Crippen LogP contribution in [0.3, 0.4) is 0 Å². The van der Waals surface area contributed by atoms with Crippen molar-refractivity contribution in [3.05, 3.63) is 77.6 Å². The molecule has 1 unspecified atom stereocenters. The Balaban J connectivity index is 1.62. The van der Waals surface area contributed by atoms with Crippen molar-refractivity contribution in [1.82, 2.24) is 14.1 Å². The molecule has 0 amide bonds. The van der Waals surface area contributed by atoms with Crippen molar-refractivity contribution in [3.8, 4) is 5.75 Å². The van der Waals surface area contributed by atoms with Gasteiger partial charge in [0.2, 0.25) is 10.0 Å². The molecule has 2 aromatic carbocycles. The maximum atomic E-state index is 13.6. The van der Waals surface area contributed by atoms with Crippen molar-refractivity contribution in [3.63, 3.8) is 0 Å². The predicted molar refractivity (Wildman–Crippen MR) is 122 cm³/mol. The van der Waals surface area contributed by atoms with E-state index in [4.69, 9.17) is 9.47 Å². The van der Waals surface area contributed by atoms with Crippen LogP contribution < -0.4 is 4.74 Å². The van der Waals surface area contributed by atoms with Crippen LogP contribution in [-0.2, 0) is 27.8 Å². The normalized spacial score (nSPS) is 16.9. The van der Waals surface area contributed by atoms with Gasteiger partial charge in [-0.15, -0.1) is 0 Å². The van der Waals surface area contributed by atoms with Gasteiger partial charge >= 0.3 is 0 Å². The van der Waals surface area contributed by atoms with Crippen molar-refractivity contribution in [2.24, 2.45) is 0 Å². The number of aromatic nitrogens is 2. The van der Waals surface area contributed by atoms with Crippen LogP contribution >= 0.6 is 0 Å². The summed E-state index contributed by atoms with van der Waals surface area (Å²) in [5.41, 5.74) is 2.94. The summed E-state index contributed by atoms with van der Waals surface area (Å²) < 4.78 is 41.4. The van der Waals surface area contributed by atoms with Crippen LogP contribution in [0, 0.1) is 6.92 Å². The maximum Gasteiger partial charge on any atom is 0.246 e. The van der Waals surface area contributed by atoms with E-state index in [1.54, 1.807) is 18.0 Å². The number of benzene rings is 2. The Labute approximate surface area is 189 Å². The third kappa shape index (κ3) is 5.20. The van der Waals surface area contributed by atoms with Crippen molar-refractivity contribution in [2.75, 3.05) is 13.7 Å². The minimum Gasteiger partial charge on any atom is -0.497 e. The summed E-state index contributed by atoms with van der Waals surface area (Å²) in [6, 6.07) is 15.4. The lowest BCUT2D eigenvalue weighted by molar-refractivity contribution is -0.0396. The molecule has 4 rings (SSSR count). The molecule has 0 N–H and O–H groups in total. The Morgan fingerprint density at radius 3 is 2.31 bits per heavy atom. The fourth-order valence-electron chi connectivity index (χ4n) is 3.75. The van der Waals surface area contributed by atoms with Gasteiger partial charge in [-0.3, -0.25) is 0 Å². The Morgan fingerprint density at radius 1 is 1.06 bits per heavy atom. The molecule has 32 heavy (non-hydrogen) atoms. The molecule has 1 aliphatic heterocycles. The fourth-order valence-corrected chi connectivity index (χ4v) is 5.11. The lowest BCUT2D eigenvalue weighted by atomic mass is 10.1. The Morgan fingerprint density at radius 2 is 1.72 bits per heavy atom. The Kier molecular flexibility index (Phi) is 6.93. The average molecular weight is 456 g/mol. The van der Waals surface area contributed by atoms with E-state index >= 15 is 0 Å². The van der Waals surface area contributed by atoms with E-state index in [1.807, 2.05) is 55.5 Å². The number of nitrogens with zero attached hydrogens (tertiary/aromatic N) is 3. The van der Waals surface area contributed by atoms with Crippen LogP contribution in [0.5, 0.6) is 5.75 Å². The zero-order valence-corrected chi connectivity index (χ0v) is 19.3. The molecule has 8 heteroatoms. The highest BCUT2D eigenvalue weighted by Gasteiger charge is 2.28. The van der Waals surface area contributed by atoms with Crippen molar-refractivity contribution >= 4 is 10.0 Å². The molecular formula is C24H29N3O4S. The molecule has 1 atom stereocenters. The van der Waals surface area contributed by atoms with Crippen LogP contribution in [0.15, 0.2) is 65.8 Å². The summed E-state index contributed by atoms with van der Waals surface area (Å²) in [6.07, 6.45) is 5.70. The van der Waals surface area contributed by atoms with Gasteiger partial charge in [-0.05, 0) is 49.4 Å². The first-order valence-electron chi connectivity index (χ1n) is 10.8. The SMILES string of the molecule is COc1ccc(CN(Cc2ccc(C)cc2)S(=O)(=O)c2cnn(C3CCCCO3)c2)cc1. The van der Waals surface area contributed by atoms with Gasteiger partial charge in [-0.1, -0.05) is 42.0 Å². The summed E-state index contributed by atoms with van der Waals surface area (Å²) in [7, 11) is -2.17. The van der Waals surface area contributed by atoms with Gasteiger partial charge in [0.25, 0.3) is 0 Å². The summed E-state index contributed by atoms with van der Waals surface area (Å²) in [6.45, 7) is 3.19.